The molecule has 0 saturated carbocycles. The van der Waals surface area contributed by atoms with Crippen molar-refractivity contribution in [2.75, 3.05) is 11.4 Å². The summed E-state index contributed by atoms with van der Waals surface area (Å²) >= 11 is 0. The summed E-state index contributed by atoms with van der Waals surface area (Å²) in [7, 11) is 0. The van der Waals surface area contributed by atoms with Gasteiger partial charge in [0.25, 0.3) is 0 Å². The summed E-state index contributed by atoms with van der Waals surface area (Å²) in [4.78, 5) is 24.7. The van der Waals surface area contributed by atoms with Crippen molar-refractivity contribution in [2.24, 2.45) is 0 Å². The SMILES string of the molecule is CC(=O)N(CCC(=O)NC(C)(C)C)c1cc(C)on1. The lowest BCUT2D eigenvalue weighted by atomic mass is 10.1. The predicted octanol–water partition coefficient (Wildman–Crippen LogP) is 1.64. The highest BCUT2D eigenvalue weighted by atomic mass is 16.5. The van der Waals surface area contributed by atoms with Crippen LogP contribution in [0.2, 0.25) is 0 Å². The van der Waals surface area contributed by atoms with E-state index in [1.54, 1.807) is 13.0 Å². The van der Waals surface area contributed by atoms with E-state index in [0.717, 1.165) is 0 Å². The van der Waals surface area contributed by atoms with E-state index in [2.05, 4.69) is 10.5 Å². The van der Waals surface area contributed by atoms with E-state index in [1.165, 1.54) is 11.8 Å². The van der Waals surface area contributed by atoms with Crippen LogP contribution in [0.25, 0.3) is 0 Å². The Morgan fingerprint density at radius 1 is 1.42 bits per heavy atom. The Kier molecular flexibility index (Phi) is 4.69. The second-order valence-corrected chi connectivity index (χ2v) is 5.51. The zero-order valence-corrected chi connectivity index (χ0v) is 12.1. The number of amides is 2. The van der Waals surface area contributed by atoms with Gasteiger partial charge in [-0.3, -0.25) is 14.5 Å². The molecule has 0 spiro atoms. The molecule has 6 heteroatoms. The topological polar surface area (TPSA) is 75.4 Å². The standard InChI is InChI=1S/C13H21N3O3/c1-9-8-11(15-19-9)16(10(2)17)7-6-12(18)14-13(3,4)5/h8H,6-7H2,1-5H3,(H,14,18). The fourth-order valence-electron chi connectivity index (χ4n) is 1.61. The molecule has 19 heavy (non-hydrogen) atoms. The second kappa shape index (κ2) is 5.86. The molecule has 1 aromatic heterocycles. The van der Waals surface area contributed by atoms with Crippen LogP contribution in [0.5, 0.6) is 0 Å². The summed E-state index contributed by atoms with van der Waals surface area (Å²) in [6.45, 7) is 9.20. The third-order valence-electron chi connectivity index (χ3n) is 2.35. The van der Waals surface area contributed by atoms with Crippen LogP contribution in [0.3, 0.4) is 0 Å². The van der Waals surface area contributed by atoms with Gasteiger partial charge < -0.3 is 9.84 Å². The third-order valence-corrected chi connectivity index (χ3v) is 2.35. The summed E-state index contributed by atoms with van der Waals surface area (Å²) in [6.07, 6.45) is 0.225. The highest BCUT2D eigenvalue weighted by molar-refractivity contribution is 5.91. The normalized spacial score (nSPS) is 11.2. The van der Waals surface area contributed by atoms with Gasteiger partial charge in [0.1, 0.15) is 5.76 Å². The average molecular weight is 267 g/mol. The number of nitrogens with zero attached hydrogens (tertiary/aromatic N) is 2. The van der Waals surface area contributed by atoms with Crippen molar-refractivity contribution < 1.29 is 14.1 Å². The summed E-state index contributed by atoms with van der Waals surface area (Å²) in [5, 5.41) is 6.64. The Hall–Kier alpha value is -1.85. The Morgan fingerprint density at radius 3 is 2.47 bits per heavy atom. The van der Waals surface area contributed by atoms with Crippen LogP contribution in [0, 0.1) is 6.92 Å². The van der Waals surface area contributed by atoms with Crippen molar-refractivity contribution in [2.45, 2.75) is 46.6 Å². The van der Waals surface area contributed by atoms with Crippen LogP contribution in [0.4, 0.5) is 5.82 Å². The van der Waals surface area contributed by atoms with Crippen LogP contribution < -0.4 is 10.2 Å². The minimum absolute atomic E-state index is 0.0982. The molecule has 0 radical (unpaired) electrons. The molecule has 1 N–H and O–H groups in total. The van der Waals surface area contributed by atoms with E-state index >= 15 is 0 Å². The molecule has 0 atom stereocenters. The Morgan fingerprint density at radius 2 is 2.05 bits per heavy atom. The van der Waals surface area contributed by atoms with Crippen LogP contribution in [0.15, 0.2) is 10.6 Å². The van der Waals surface area contributed by atoms with Gasteiger partial charge in [0.2, 0.25) is 11.8 Å². The molecule has 2 amide bonds. The summed E-state index contributed by atoms with van der Waals surface area (Å²) in [5.74, 6) is 0.796. The van der Waals surface area contributed by atoms with Gasteiger partial charge in [-0.25, -0.2) is 0 Å². The summed E-state index contributed by atoms with van der Waals surface area (Å²) in [6, 6.07) is 1.67. The average Bonchev–Trinajstić information content (AvgIpc) is 2.61. The molecule has 0 saturated heterocycles. The minimum Gasteiger partial charge on any atom is -0.360 e. The maximum absolute atomic E-state index is 11.7. The lowest BCUT2D eigenvalue weighted by Crippen LogP contribution is -2.42. The maximum Gasteiger partial charge on any atom is 0.225 e. The van der Waals surface area contributed by atoms with Crippen molar-refractivity contribution >= 4 is 17.6 Å². The number of carbonyl (C=O) groups is 2. The van der Waals surface area contributed by atoms with E-state index in [4.69, 9.17) is 4.52 Å². The van der Waals surface area contributed by atoms with Crippen molar-refractivity contribution in [3.05, 3.63) is 11.8 Å². The third kappa shape index (κ3) is 5.11. The molecule has 0 fully saturated rings. The van der Waals surface area contributed by atoms with Crippen LogP contribution in [-0.4, -0.2) is 29.1 Å². The number of anilines is 1. The molecule has 1 rings (SSSR count). The van der Waals surface area contributed by atoms with E-state index in [9.17, 15) is 9.59 Å². The number of hydrogen-bond acceptors (Lipinski definition) is 4. The molecular weight excluding hydrogens is 246 g/mol. The molecule has 106 valence electrons. The highest BCUT2D eigenvalue weighted by Crippen LogP contribution is 2.14. The smallest absolute Gasteiger partial charge is 0.225 e. The van der Waals surface area contributed by atoms with E-state index < -0.39 is 0 Å². The van der Waals surface area contributed by atoms with Crippen LogP contribution >= 0.6 is 0 Å². The van der Waals surface area contributed by atoms with Gasteiger partial charge in [-0.15, -0.1) is 0 Å². The van der Waals surface area contributed by atoms with Crippen LogP contribution in [-0.2, 0) is 9.59 Å². The fourth-order valence-corrected chi connectivity index (χ4v) is 1.61. The Balaban J connectivity index is 2.61. The molecule has 1 heterocycles. The number of aryl methyl sites for hydroxylation is 1. The van der Waals surface area contributed by atoms with Crippen molar-refractivity contribution in [3.63, 3.8) is 0 Å². The first-order chi connectivity index (χ1) is 8.69. The van der Waals surface area contributed by atoms with Crippen molar-refractivity contribution in [3.8, 4) is 0 Å². The van der Waals surface area contributed by atoms with E-state index in [-0.39, 0.29) is 30.3 Å². The van der Waals surface area contributed by atoms with E-state index in [1.807, 2.05) is 20.8 Å². The molecule has 1 aromatic rings. The first kappa shape index (κ1) is 15.2. The predicted molar refractivity (Wildman–Crippen MR) is 71.8 cm³/mol. The van der Waals surface area contributed by atoms with Gasteiger partial charge in [-0.2, -0.15) is 0 Å². The molecule has 0 bridgehead atoms. The zero-order valence-electron chi connectivity index (χ0n) is 12.1. The quantitative estimate of drug-likeness (QED) is 0.899. The van der Waals surface area contributed by atoms with Gasteiger partial charge in [-0.05, 0) is 27.7 Å². The highest BCUT2D eigenvalue weighted by Gasteiger charge is 2.19. The Bertz CT molecular complexity index is 460. The summed E-state index contributed by atoms with van der Waals surface area (Å²) in [5.41, 5.74) is -0.275. The first-order valence-corrected chi connectivity index (χ1v) is 6.21. The number of rotatable bonds is 4. The molecular formula is C13H21N3O3. The number of aromatic nitrogens is 1. The molecule has 6 nitrogen and oxygen atoms in total. The van der Waals surface area contributed by atoms with Crippen LogP contribution in [0.1, 0.15) is 39.9 Å². The number of carbonyl (C=O) groups excluding carboxylic acids is 2. The minimum atomic E-state index is -0.275. The molecule has 0 aromatic carbocycles. The maximum atomic E-state index is 11.7. The number of hydrogen-bond donors (Lipinski definition) is 1. The van der Waals surface area contributed by atoms with Gasteiger partial charge in [0.15, 0.2) is 5.82 Å². The monoisotopic (exact) mass is 267 g/mol. The van der Waals surface area contributed by atoms with Gasteiger partial charge >= 0.3 is 0 Å². The first-order valence-electron chi connectivity index (χ1n) is 6.21. The zero-order chi connectivity index (χ0) is 14.6. The largest absolute Gasteiger partial charge is 0.360 e. The van der Waals surface area contributed by atoms with Gasteiger partial charge in [0.05, 0.1) is 0 Å². The molecule has 0 aliphatic heterocycles. The van der Waals surface area contributed by atoms with Crippen molar-refractivity contribution in [1.29, 1.82) is 0 Å². The number of nitrogens with one attached hydrogen (secondary N) is 1. The lowest BCUT2D eigenvalue weighted by Gasteiger charge is -2.22. The fraction of sp³-hybridized carbons (Fsp3) is 0.615. The van der Waals surface area contributed by atoms with Crippen molar-refractivity contribution in [1.82, 2.24) is 10.5 Å². The van der Waals surface area contributed by atoms with Gasteiger partial charge in [-0.1, -0.05) is 5.16 Å². The van der Waals surface area contributed by atoms with E-state index in [0.29, 0.717) is 11.6 Å². The van der Waals surface area contributed by atoms with Gasteiger partial charge in [0, 0.05) is 31.5 Å². The Labute approximate surface area is 113 Å². The molecule has 0 aliphatic rings. The lowest BCUT2D eigenvalue weighted by molar-refractivity contribution is -0.122. The molecule has 0 aliphatic carbocycles. The second-order valence-electron chi connectivity index (χ2n) is 5.51. The molecule has 0 unspecified atom stereocenters. The summed E-state index contributed by atoms with van der Waals surface area (Å²) < 4.78 is 4.94.